The maximum atomic E-state index is 12.7. The largest absolute Gasteiger partial charge is 0.356 e. The number of nitrogens with zero attached hydrogens (tertiary/aromatic N) is 4. The number of anilines is 1. The van der Waals surface area contributed by atoms with E-state index in [1.165, 1.54) is 0 Å². The number of hydrogen-bond donors (Lipinski definition) is 1. The lowest BCUT2D eigenvalue weighted by Gasteiger charge is -2.36. The van der Waals surface area contributed by atoms with Gasteiger partial charge in [-0.1, -0.05) is 13.0 Å². The molecule has 2 fully saturated rings. The third kappa shape index (κ3) is 6.70. The molecule has 0 radical (unpaired) electrons. The number of amides is 2. The Morgan fingerprint density at radius 3 is 2.69 bits per heavy atom. The van der Waals surface area contributed by atoms with Crippen molar-refractivity contribution in [1.29, 1.82) is 0 Å². The predicted molar refractivity (Wildman–Crippen MR) is 115 cm³/mol. The first-order valence-electron chi connectivity index (χ1n) is 11.1. The molecule has 0 saturated carbocycles. The summed E-state index contributed by atoms with van der Waals surface area (Å²) in [6.45, 7) is 8.85. The third-order valence-corrected chi connectivity index (χ3v) is 5.92. The first kappa shape index (κ1) is 21.6. The van der Waals surface area contributed by atoms with Gasteiger partial charge in [-0.05, 0) is 43.9 Å². The van der Waals surface area contributed by atoms with Crippen molar-refractivity contribution in [1.82, 2.24) is 20.1 Å². The van der Waals surface area contributed by atoms with Crippen LogP contribution >= 0.6 is 0 Å². The highest BCUT2D eigenvalue weighted by atomic mass is 16.2. The van der Waals surface area contributed by atoms with Gasteiger partial charge in [0.15, 0.2) is 0 Å². The molecule has 3 heterocycles. The van der Waals surface area contributed by atoms with Gasteiger partial charge < -0.3 is 20.0 Å². The Balaban J connectivity index is 1.35. The predicted octanol–water partition coefficient (Wildman–Crippen LogP) is 1.75. The van der Waals surface area contributed by atoms with Crippen LogP contribution in [0.2, 0.25) is 0 Å². The van der Waals surface area contributed by atoms with E-state index in [1.807, 2.05) is 36.2 Å². The minimum Gasteiger partial charge on any atom is -0.356 e. The molecule has 3 rings (SSSR count). The molecule has 1 aromatic heterocycles. The number of nitrogens with one attached hydrogen (secondary N) is 1. The van der Waals surface area contributed by atoms with Crippen LogP contribution in [0.1, 0.15) is 39.0 Å². The maximum absolute atomic E-state index is 12.7. The fourth-order valence-corrected chi connectivity index (χ4v) is 4.23. The molecule has 0 aliphatic carbocycles. The fourth-order valence-electron chi connectivity index (χ4n) is 4.23. The van der Waals surface area contributed by atoms with E-state index in [2.05, 4.69) is 20.1 Å². The molecule has 7 nitrogen and oxygen atoms in total. The van der Waals surface area contributed by atoms with E-state index < -0.39 is 0 Å². The Kier molecular flexibility index (Phi) is 8.28. The zero-order chi connectivity index (χ0) is 20.5. The Hall–Kier alpha value is -2.15. The zero-order valence-electron chi connectivity index (χ0n) is 17.7. The van der Waals surface area contributed by atoms with E-state index in [1.54, 1.807) is 0 Å². The van der Waals surface area contributed by atoms with E-state index in [4.69, 9.17) is 0 Å². The van der Waals surface area contributed by atoms with Gasteiger partial charge in [0.1, 0.15) is 5.82 Å². The van der Waals surface area contributed by atoms with Crippen LogP contribution in [0.5, 0.6) is 0 Å². The number of carbonyl (C=O) groups is 2. The number of hydrogen-bond acceptors (Lipinski definition) is 5. The minimum absolute atomic E-state index is 0.157. The first-order chi connectivity index (χ1) is 14.2. The fraction of sp³-hybridized carbons (Fsp3) is 0.682. The summed E-state index contributed by atoms with van der Waals surface area (Å²) in [4.78, 5) is 35.4. The van der Waals surface area contributed by atoms with Gasteiger partial charge in [0.2, 0.25) is 11.8 Å². The van der Waals surface area contributed by atoms with Gasteiger partial charge in [0.05, 0.1) is 0 Å². The molecule has 0 spiro atoms. The SMILES string of the molecule is CCCC(=O)NCC1CCCN(CCC(=O)N2CCN(c3ccccn3)CC2)C1. The van der Waals surface area contributed by atoms with Crippen molar-refractivity contribution in [2.45, 2.75) is 39.0 Å². The van der Waals surface area contributed by atoms with E-state index in [9.17, 15) is 9.59 Å². The van der Waals surface area contributed by atoms with Crippen molar-refractivity contribution in [2.24, 2.45) is 5.92 Å². The smallest absolute Gasteiger partial charge is 0.223 e. The normalized spacial score (nSPS) is 20.5. The van der Waals surface area contributed by atoms with Crippen LogP contribution in [0.4, 0.5) is 5.82 Å². The van der Waals surface area contributed by atoms with Crippen LogP contribution in [0.15, 0.2) is 24.4 Å². The highest BCUT2D eigenvalue weighted by Crippen LogP contribution is 2.17. The average Bonchev–Trinajstić information content (AvgIpc) is 2.77. The zero-order valence-corrected chi connectivity index (χ0v) is 17.7. The van der Waals surface area contributed by atoms with E-state index in [0.29, 0.717) is 18.8 Å². The van der Waals surface area contributed by atoms with Crippen LogP contribution in [-0.4, -0.2) is 79.0 Å². The van der Waals surface area contributed by atoms with Crippen molar-refractivity contribution in [3.63, 3.8) is 0 Å². The van der Waals surface area contributed by atoms with E-state index >= 15 is 0 Å². The molecule has 2 aliphatic rings. The lowest BCUT2D eigenvalue weighted by molar-refractivity contribution is -0.132. The van der Waals surface area contributed by atoms with Crippen molar-refractivity contribution >= 4 is 17.6 Å². The second-order valence-corrected chi connectivity index (χ2v) is 8.17. The number of pyridine rings is 1. The van der Waals surface area contributed by atoms with Crippen LogP contribution in [0.3, 0.4) is 0 Å². The van der Waals surface area contributed by atoms with Gasteiger partial charge in [-0.15, -0.1) is 0 Å². The quantitative estimate of drug-likeness (QED) is 0.719. The second-order valence-electron chi connectivity index (χ2n) is 8.17. The molecule has 2 saturated heterocycles. The summed E-state index contributed by atoms with van der Waals surface area (Å²) in [7, 11) is 0. The monoisotopic (exact) mass is 401 g/mol. The number of piperidine rings is 1. The lowest BCUT2D eigenvalue weighted by Crippen LogP contribution is -2.49. The lowest BCUT2D eigenvalue weighted by atomic mass is 9.97. The van der Waals surface area contributed by atoms with E-state index in [-0.39, 0.29) is 11.8 Å². The summed E-state index contributed by atoms with van der Waals surface area (Å²) < 4.78 is 0. The second kappa shape index (κ2) is 11.1. The molecule has 0 bridgehead atoms. The summed E-state index contributed by atoms with van der Waals surface area (Å²) in [6, 6.07) is 5.95. The molecular formula is C22H35N5O2. The summed E-state index contributed by atoms with van der Waals surface area (Å²) >= 11 is 0. The van der Waals surface area contributed by atoms with Crippen molar-refractivity contribution in [3.05, 3.63) is 24.4 Å². The van der Waals surface area contributed by atoms with Crippen molar-refractivity contribution in [3.8, 4) is 0 Å². The number of rotatable bonds is 8. The van der Waals surface area contributed by atoms with Crippen LogP contribution < -0.4 is 10.2 Å². The van der Waals surface area contributed by atoms with Gasteiger partial charge in [-0.25, -0.2) is 4.98 Å². The topological polar surface area (TPSA) is 68.8 Å². The number of piperazine rings is 1. The van der Waals surface area contributed by atoms with Gasteiger partial charge in [-0.3, -0.25) is 9.59 Å². The Bertz CT molecular complexity index is 646. The maximum Gasteiger partial charge on any atom is 0.223 e. The highest BCUT2D eigenvalue weighted by molar-refractivity contribution is 5.76. The minimum atomic E-state index is 0.157. The Morgan fingerprint density at radius 2 is 1.97 bits per heavy atom. The molecule has 29 heavy (non-hydrogen) atoms. The summed E-state index contributed by atoms with van der Waals surface area (Å²) in [5.41, 5.74) is 0. The number of aromatic nitrogens is 1. The molecule has 2 amide bonds. The molecule has 2 aliphatic heterocycles. The molecule has 1 unspecified atom stereocenters. The van der Waals surface area contributed by atoms with Gasteiger partial charge in [0.25, 0.3) is 0 Å². The molecule has 7 heteroatoms. The first-order valence-corrected chi connectivity index (χ1v) is 11.1. The van der Waals surface area contributed by atoms with Gasteiger partial charge in [-0.2, -0.15) is 0 Å². The summed E-state index contributed by atoms with van der Waals surface area (Å²) in [6.07, 6.45) is 6.20. The van der Waals surface area contributed by atoms with Crippen LogP contribution in [0, 0.1) is 5.92 Å². The summed E-state index contributed by atoms with van der Waals surface area (Å²) in [5, 5.41) is 3.06. The molecule has 160 valence electrons. The van der Waals surface area contributed by atoms with Crippen LogP contribution in [0.25, 0.3) is 0 Å². The van der Waals surface area contributed by atoms with Gasteiger partial charge >= 0.3 is 0 Å². The van der Waals surface area contributed by atoms with Gasteiger partial charge in [0, 0.05) is 64.9 Å². The Labute approximate surface area is 174 Å². The molecule has 0 aromatic carbocycles. The highest BCUT2D eigenvalue weighted by Gasteiger charge is 2.24. The Morgan fingerprint density at radius 1 is 1.14 bits per heavy atom. The molecule has 1 atom stereocenters. The van der Waals surface area contributed by atoms with E-state index in [0.717, 1.165) is 77.4 Å². The molecular weight excluding hydrogens is 366 g/mol. The molecule has 1 N–H and O–H groups in total. The number of carbonyl (C=O) groups excluding carboxylic acids is 2. The standard InChI is InChI=1S/C22H35N5O2/c1-2-6-21(28)24-17-19-7-5-11-25(18-19)12-9-22(29)27-15-13-26(14-16-27)20-8-3-4-10-23-20/h3-4,8,10,19H,2,5-7,9,11-18H2,1H3,(H,24,28). The van der Waals surface area contributed by atoms with Crippen LogP contribution in [-0.2, 0) is 9.59 Å². The summed E-state index contributed by atoms with van der Waals surface area (Å²) in [5.74, 6) is 1.90. The number of likely N-dealkylation sites (tertiary alicyclic amines) is 1. The van der Waals surface area contributed by atoms with Crippen molar-refractivity contribution < 1.29 is 9.59 Å². The van der Waals surface area contributed by atoms with Crippen molar-refractivity contribution in [2.75, 3.05) is 57.3 Å². The third-order valence-electron chi connectivity index (χ3n) is 5.92. The average molecular weight is 402 g/mol. The molecule has 1 aromatic rings.